The molecule has 2 aromatic rings. The minimum absolute atomic E-state index is 0.530. The van der Waals surface area contributed by atoms with Crippen molar-refractivity contribution in [2.75, 3.05) is 7.11 Å². The number of benzene rings is 1. The summed E-state index contributed by atoms with van der Waals surface area (Å²) in [7, 11) is 1.66. The smallest absolute Gasteiger partial charge is 0.216 e. The lowest BCUT2D eigenvalue weighted by Gasteiger charge is -2.02. The summed E-state index contributed by atoms with van der Waals surface area (Å²) in [5, 5.41) is 11.8. The van der Waals surface area contributed by atoms with Crippen molar-refractivity contribution in [2.45, 2.75) is 96.8 Å². The molecule has 0 unspecified atom stereocenters. The standard InChI is InChI=1S/C27H42N4OS/c1-3-4-5-6-7-8-9-10-11-12-13-14-15-16-17-18-26-29-30-27(33)31(26)28-23-24-19-21-25(32-2)22-20-24/h10-11,19-23H,3-9,12-18H2,1-2H3,(H,30,33). The van der Waals surface area contributed by atoms with Gasteiger partial charge in [-0.05, 0) is 74.2 Å². The number of unbranched alkanes of at least 4 members (excludes halogenated alkanes) is 11. The predicted octanol–water partition coefficient (Wildman–Crippen LogP) is 8.02. The lowest BCUT2D eigenvalue weighted by molar-refractivity contribution is 0.415. The molecule has 0 radical (unpaired) electrons. The fourth-order valence-electron chi connectivity index (χ4n) is 3.77. The van der Waals surface area contributed by atoms with Gasteiger partial charge in [-0.15, -0.1) is 0 Å². The Balaban J connectivity index is 1.57. The lowest BCUT2D eigenvalue weighted by atomic mass is 10.1. The van der Waals surface area contributed by atoms with Crippen molar-refractivity contribution >= 4 is 18.4 Å². The number of nitrogens with one attached hydrogen (secondary N) is 1. The van der Waals surface area contributed by atoms with Crippen LogP contribution in [0.5, 0.6) is 5.75 Å². The molecule has 1 aromatic carbocycles. The fraction of sp³-hybridized carbons (Fsp3) is 0.593. The average Bonchev–Trinajstić information content (AvgIpc) is 3.19. The van der Waals surface area contributed by atoms with E-state index in [1.54, 1.807) is 18.0 Å². The number of methoxy groups -OCH3 is 1. The molecular formula is C27H42N4OS. The van der Waals surface area contributed by atoms with E-state index < -0.39 is 0 Å². The van der Waals surface area contributed by atoms with Crippen molar-refractivity contribution < 1.29 is 4.74 Å². The van der Waals surface area contributed by atoms with Gasteiger partial charge in [-0.1, -0.05) is 70.4 Å². The second-order valence-electron chi connectivity index (χ2n) is 8.61. The van der Waals surface area contributed by atoms with Crippen LogP contribution in [0.4, 0.5) is 0 Å². The van der Waals surface area contributed by atoms with Gasteiger partial charge >= 0.3 is 0 Å². The van der Waals surface area contributed by atoms with E-state index in [-0.39, 0.29) is 0 Å². The summed E-state index contributed by atoms with van der Waals surface area (Å²) in [5.41, 5.74) is 0.992. The van der Waals surface area contributed by atoms with E-state index in [0.717, 1.165) is 30.0 Å². The number of ether oxygens (including phenoxy) is 1. The molecule has 1 heterocycles. The molecule has 0 fully saturated rings. The molecule has 2 rings (SSSR count). The Morgan fingerprint density at radius 3 is 2.15 bits per heavy atom. The molecule has 0 saturated heterocycles. The summed E-state index contributed by atoms with van der Waals surface area (Å²) in [6.45, 7) is 2.27. The normalized spacial score (nSPS) is 11.7. The summed E-state index contributed by atoms with van der Waals surface area (Å²) >= 11 is 5.34. The molecule has 0 atom stereocenters. The molecule has 182 valence electrons. The van der Waals surface area contributed by atoms with Gasteiger partial charge in [0.25, 0.3) is 0 Å². The van der Waals surface area contributed by atoms with Gasteiger partial charge in [0.15, 0.2) is 5.82 Å². The number of aromatic amines is 1. The molecule has 0 amide bonds. The van der Waals surface area contributed by atoms with E-state index in [4.69, 9.17) is 17.0 Å². The van der Waals surface area contributed by atoms with Crippen LogP contribution in [0.15, 0.2) is 41.5 Å². The Kier molecular flexibility index (Phi) is 14.2. The largest absolute Gasteiger partial charge is 0.497 e. The molecular weight excluding hydrogens is 428 g/mol. The molecule has 0 aliphatic carbocycles. The van der Waals surface area contributed by atoms with Crippen molar-refractivity contribution in [3.8, 4) is 5.75 Å². The Hall–Kier alpha value is -2.21. The number of hydrogen-bond donors (Lipinski definition) is 1. The number of hydrogen-bond acceptors (Lipinski definition) is 4. The molecule has 0 aliphatic rings. The third-order valence-electron chi connectivity index (χ3n) is 5.82. The highest BCUT2D eigenvalue weighted by Gasteiger charge is 2.04. The van der Waals surface area contributed by atoms with Crippen LogP contribution in [-0.4, -0.2) is 28.2 Å². The van der Waals surface area contributed by atoms with Crippen molar-refractivity contribution in [2.24, 2.45) is 5.10 Å². The molecule has 1 aromatic heterocycles. The summed E-state index contributed by atoms with van der Waals surface area (Å²) in [5.74, 6) is 1.72. The minimum atomic E-state index is 0.530. The predicted molar refractivity (Wildman–Crippen MR) is 142 cm³/mol. The molecule has 0 aliphatic heterocycles. The maximum Gasteiger partial charge on any atom is 0.216 e. The fourth-order valence-corrected chi connectivity index (χ4v) is 3.97. The topological polar surface area (TPSA) is 55.2 Å². The first-order chi connectivity index (χ1) is 16.2. The zero-order chi connectivity index (χ0) is 23.6. The summed E-state index contributed by atoms with van der Waals surface area (Å²) in [4.78, 5) is 0. The highest BCUT2D eigenvalue weighted by molar-refractivity contribution is 7.71. The van der Waals surface area contributed by atoms with Gasteiger partial charge in [0.2, 0.25) is 4.77 Å². The molecule has 33 heavy (non-hydrogen) atoms. The highest BCUT2D eigenvalue weighted by atomic mass is 32.1. The number of nitrogens with zero attached hydrogens (tertiary/aromatic N) is 3. The molecule has 5 nitrogen and oxygen atoms in total. The summed E-state index contributed by atoms with van der Waals surface area (Å²) in [6.07, 6.45) is 24.4. The van der Waals surface area contributed by atoms with Crippen molar-refractivity contribution in [3.05, 3.63) is 52.6 Å². The van der Waals surface area contributed by atoms with E-state index in [1.165, 1.54) is 77.0 Å². The molecule has 0 bridgehead atoms. The van der Waals surface area contributed by atoms with Gasteiger partial charge in [0.05, 0.1) is 13.3 Å². The van der Waals surface area contributed by atoms with E-state index in [9.17, 15) is 0 Å². The minimum Gasteiger partial charge on any atom is -0.497 e. The zero-order valence-corrected chi connectivity index (χ0v) is 21.4. The van der Waals surface area contributed by atoms with Crippen LogP contribution in [0.25, 0.3) is 0 Å². The van der Waals surface area contributed by atoms with Crippen LogP contribution in [0.2, 0.25) is 0 Å². The SMILES string of the molecule is CCCCCCCCC=CCCCCCCCc1n[nH]c(=S)n1N=Cc1ccc(OC)cc1. The first-order valence-electron chi connectivity index (χ1n) is 12.7. The summed E-state index contributed by atoms with van der Waals surface area (Å²) in [6, 6.07) is 7.77. The van der Waals surface area contributed by atoms with Gasteiger partial charge in [0.1, 0.15) is 5.75 Å². The first-order valence-corrected chi connectivity index (χ1v) is 13.1. The van der Waals surface area contributed by atoms with Crippen LogP contribution < -0.4 is 4.74 Å². The highest BCUT2D eigenvalue weighted by Crippen LogP contribution is 2.12. The number of allylic oxidation sites excluding steroid dienone is 2. The second kappa shape index (κ2) is 17.3. The second-order valence-corrected chi connectivity index (χ2v) is 9.00. The number of H-pyrrole nitrogens is 1. The first kappa shape index (κ1) is 27.0. The van der Waals surface area contributed by atoms with Crippen LogP contribution in [-0.2, 0) is 6.42 Å². The molecule has 6 heteroatoms. The Labute approximate surface area is 205 Å². The van der Waals surface area contributed by atoms with Gasteiger partial charge in [-0.25, -0.2) is 0 Å². The number of rotatable bonds is 18. The van der Waals surface area contributed by atoms with Gasteiger partial charge in [-0.2, -0.15) is 14.9 Å². The molecule has 1 N–H and O–H groups in total. The summed E-state index contributed by atoms with van der Waals surface area (Å²) < 4.78 is 7.45. The maximum atomic E-state index is 5.34. The van der Waals surface area contributed by atoms with E-state index in [0.29, 0.717) is 4.77 Å². The maximum absolute atomic E-state index is 5.34. The zero-order valence-electron chi connectivity index (χ0n) is 20.6. The van der Waals surface area contributed by atoms with E-state index in [2.05, 4.69) is 34.4 Å². The van der Waals surface area contributed by atoms with Crippen molar-refractivity contribution in [1.82, 2.24) is 14.9 Å². The Morgan fingerprint density at radius 2 is 1.52 bits per heavy atom. The quantitative estimate of drug-likeness (QED) is 0.104. The number of aromatic nitrogens is 3. The Morgan fingerprint density at radius 1 is 0.909 bits per heavy atom. The van der Waals surface area contributed by atoms with Crippen LogP contribution in [0, 0.1) is 4.77 Å². The van der Waals surface area contributed by atoms with Crippen LogP contribution in [0.1, 0.15) is 102 Å². The van der Waals surface area contributed by atoms with E-state index in [1.807, 2.05) is 24.3 Å². The van der Waals surface area contributed by atoms with Gasteiger partial charge in [0, 0.05) is 6.42 Å². The van der Waals surface area contributed by atoms with Crippen molar-refractivity contribution in [1.29, 1.82) is 0 Å². The average molecular weight is 471 g/mol. The third kappa shape index (κ3) is 11.5. The van der Waals surface area contributed by atoms with E-state index >= 15 is 0 Å². The Bertz CT molecular complexity index is 867. The molecule has 0 spiro atoms. The monoisotopic (exact) mass is 470 g/mol. The van der Waals surface area contributed by atoms with Gasteiger partial charge < -0.3 is 4.74 Å². The number of aryl methyl sites for hydroxylation is 1. The molecule has 0 saturated carbocycles. The third-order valence-corrected chi connectivity index (χ3v) is 6.08. The lowest BCUT2D eigenvalue weighted by Crippen LogP contribution is -1.99. The van der Waals surface area contributed by atoms with Crippen LogP contribution in [0.3, 0.4) is 0 Å². The van der Waals surface area contributed by atoms with Crippen molar-refractivity contribution in [3.63, 3.8) is 0 Å². The van der Waals surface area contributed by atoms with Crippen LogP contribution >= 0.6 is 12.2 Å². The van der Waals surface area contributed by atoms with Gasteiger partial charge in [-0.3, -0.25) is 5.10 Å².